The molecule has 0 unspecified atom stereocenters. The van der Waals surface area contributed by atoms with Crippen molar-refractivity contribution < 1.29 is 9.32 Å². The number of amides is 1. The van der Waals surface area contributed by atoms with E-state index in [0.29, 0.717) is 24.2 Å². The molecular formula is C27H31N11O2. The molecule has 13 heteroatoms. The van der Waals surface area contributed by atoms with E-state index in [-0.39, 0.29) is 5.91 Å². The van der Waals surface area contributed by atoms with Crippen LogP contribution < -0.4 is 10.2 Å². The summed E-state index contributed by atoms with van der Waals surface area (Å²) < 4.78 is 7.14. The van der Waals surface area contributed by atoms with Crippen molar-refractivity contribution in [3.05, 3.63) is 59.7 Å². The second-order valence-corrected chi connectivity index (χ2v) is 10.2. The van der Waals surface area contributed by atoms with E-state index in [1.54, 1.807) is 11.8 Å². The summed E-state index contributed by atoms with van der Waals surface area (Å²) in [5.41, 5.74) is 3.40. The molecule has 40 heavy (non-hydrogen) atoms. The largest absolute Gasteiger partial charge is 0.378 e. The molecule has 0 saturated carbocycles. The highest BCUT2D eigenvalue weighted by Crippen LogP contribution is 2.35. The lowest BCUT2D eigenvalue weighted by Gasteiger charge is -2.39. The molecular weight excluding hydrogens is 510 g/mol. The molecule has 206 valence electrons. The Hall–Kier alpha value is -4.81. The van der Waals surface area contributed by atoms with E-state index < -0.39 is 5.54 Å². The maximum absolute atomic E-state index is 13.9. The van der Waals surface area contributed by atoms with Crippen molar-refractivity contribution in [2.24, 2.45) is 7.05 Å². The van der Waals surface area contributed by atoms with Crippen LogP contribution in [0.4, 0.5) is 11.6 Å². The third-order valence-electron chi connectivity index (χ3n) is 7.79. The molecule has 3 aromatic heterocycles. The Bertz CT molecular complexity index is 1630. The molecule has 5 aromatic rings. The molecule has 1 aliphatic rings. The van der Waals surface area contributed by atoms with Crippen molar-refractivity contribution in [2.75, 3.05) is 30.4 Å². The molecule has 1 amide bonds. The molecule has 6 rings (SSSR count). The molecule has 1 fully saturated rings. The number of nitrogens with one attached hydrogen (secondary N) is 2. The highest BCUT2D eigenvalue weighted by atomic mass is 16.5. The van der Waals surface area contributed by atoms with Gasteiger partial charge in [-0.05, 0) is 72.2 Å². The van der Waals surface area contributed by atoms with E-state index in [1.807, 2.05) is 68.4 Å². The zero-order chi connectivity index (χ0) is 27.9. The quantitative estimate of drug-likeness (QED) is 0.300. The van der Waals surface area contributed by atoms with Crippen LogP contribution in [0.3, 0.4) is 0 Å². The number of aryl methyl sites for hydroxylation is 2. The van der Waals surface area contributed by atoms with Crippen molar-refractivity contribution in [3.8, 4) is 11.4 Å². The SMILES string of the molecule is Cc1nc(-c2ccc(NCc3nc4cc([C@](C)(C(=O)N5CCCC5)N(C)c5nnn[nH]5)ccc4n3C)cc2)no1. The third kappa shape index (κ3) is 4.42. The van der Waals surface area contributed by atoms with Gasteiger partial charge in [0.2, 0.25) is 17.7 Å². The number of imidazole rings is 1. The Morgan fingerprint density at radius 1 is 1.15 bits per heavy atom. The number of carbonyl (C=O) groups excluding carboxylic acids is 1. The average molecular weight is 542 g/mol. The van der Waals surface area contributed by atoms with Gasteiger partial charge in [-0.15, -0.1) is 0 Å². The van der Waals surface area contributed by atoms with Crippen LogP contribution in [0, 0.1) is 6.92 Å². The van der Waals surface area contributed by atoms with Crippen LogP contribution in [0.15, 0.2) is 47.0 Å². The molecule has 0 radical (unpaired) electrons. The molecule has 0 bridgehead atoms. The van der Waals surface area contributed by atoms with Crippen molar-refractivity contribution in [1.82, 2.24) is 45.2 Å². The number of nitrogens with zero attached hydrogens (tertiary/aromatic N) is 9. The Balaban J connectivity index is 1.27. The maximum Gasteiger partial charge on any atom is 0.252 e. The summed E-state index contributed by atoms with van der Waals surface area (Å²) in [7, 11) is 3.83. The number of benzene rings is 2. The summed E-state index contributed by atoms with van der Waals surface area (Å²) in [6.45, 7) is 5.70. The molecule has 13 nitrogen and oxygen atoms in total. The second kappa shape index (κ2) is 10.1. The number of tetrazole rings is 1. The number of H-pyrrole nitrogens is 1. The van der Waals surface area contributed by atoms with Crippen molar-refractivity contribution in [1.29, 1.82) is 0 Å². The van der Waals surface area contributed by atoms with Gasteiger partial charge >= 0.3 is 0 Å². The number of likely N-dealkylation sites (tertiary alicyclic amines) is 1. The third-order valence-corrected chi connectivity index (χ3v) is 7.79. The molecule has 0 aliphatic carbocycles. The van der Waals surface area contributed by atoms with E-state index in [4.69, 9.17) is 9.51 Å². The van der Waals surface area contributed by atoms with Gasteiger partial charge in [0.15, 0.2) is 0 Å². The zero-order valence-corrected chi connectivity index (χ0v) is 22.9. The summed E-state index contributed by atoms with van der Waals surface area (Å²) in [6.07, 6.45) is 2.01. The first-order chi connectivity index (χ1) is 19.3. The van der Waals surface area contributed by atoms with Gasteiger partial charge in [0.1, 0.15) is 11.4 Å². The molecule has 2 N–H and O–H groups in total. The van der Waals surface area contributed by atoms with Gasteiger partial charge in [0.05, 0.1) is 17.6 Å². The minimum Gasteiger partial charge on any atom is -0.378 e. The molecule has 1 saturated heterocycles. The second-order valence-electron chi connectivity index (χ2n) is 10.2. The highest BCUT2D eigenvalue weighted by Gasteiger charge is 2.44. The van der Waals surface area contributed by atoms with E-state index in [9.17, 15) is 4.79 Å². The number of anilines is 2. The van der Waals surface area contributed by atoms with Gasteiger partial charge in [-0.25, -0.2) is 10.1 Å². The Morgan fingerprint density at radius 2 is 1.93 bits per heavy atom. The minimum atomic E-state index is -1.03. The van der Waals surface area contributed by atoms with Crippen LogP contribution in [0.2, 0.25) is 0 Å². The Morgan fingerprint density at radius 3 is 2.60 bits per heavy atom. The lowest BCUT2D eigenvalue weighted by Crippen LogP contribution is -2.54. The van der Waals surface area contributed by atoms with E-state index >= 15 is 0 Å². The van der Waals surface area contributed by atoms with Crippen LogP contribution in [0.1, 0.15) is 37.0 Å². The number of likely N-dealkylation sites (N-methyl/N-ethyl adjacent to an activating group) is 1. The van der Waals surface area contributed by atoms with E-state index in [1.165, 1.54) is 0 Å². The first kappa shape index (κ1) is 25.5. The number of hydrogen-bond donors (Lipinski definition) is 2. The van der Waals surface area contributed by atoms with Crippen LogP contribution in [-0.4, -0.2) is 71.3 Å². The summed E-state index contributed by atoms with van der Waals surface area (Å²) >= 11 is 0. The first-order valence-corrected chi connectivity index (χ1v) is 13.2. The number of rotatable bonds is 8. The van der Waals surface area contributed by atoms with Gasteiger partial charge in [-0.3, -0.25) is 4.79 Å². The summed E-state index contributed by atoms with van der Waals surface area (Å²) in [5.74, 6) is 2.40. The van der Waals surface area contributed by atoms with Gasteiger partial charge in [-0.1, -0.05) is 16.3 Å². The van der Waals surface area contributed by atoms with Crippen molar-refractivity contribution >= 4 is 28.6 Å². The number of aromatic amines is 1. The van der Waals surface area contributed by atoms with Gasteiger partial charge in [-0.2, -0.15) is 4.98 Å². The highest BCUT2D eigenvalue weighted by molar-refractivity contribution is 5.92. The number of aromatic nitrogens is 8. The molecule has 4 heterocycles. The van der Waals surface area contributed by atoms with Crippen molar-refractivity contribution in [3.63, 3.8) is 0 Å². The zero-order valence-electron chi connectivity index (χ0n) is 22.9. The van der Waals surface area contributed by atoms with E-state index in [0.717, 1.165) is 59.6 Å². The van der Waals surface area contributed by atoms with Crippen molar-refractivity contribution in [2.45, 2.75) is 38.8 Å². The van der Waals surface area contributed by atoms with Gasteiger partial charge in [0.25, 0.3) is 5.91 Å². The van der Waals surface area contributed by atoms with E-state index in [2.05, 4.69) is 40.6 Å². The first-order valence-electron chi connectivity index (χ1n) is 13.2. The number of hydrogen-bond acceptors (Lipinski definition) is 10. The summed E-state index contributed by atoms with van der Waals surface area (Å²) in [5, 5.41) is 21.7. The Labute approximate surface area is 230 Å². The van der Waals surface area contributed by atoms with Crippen LogP contribution in [0.5, 0.6) is 0 Å². The maximum atomic E-state index is 13.9. The standard InChI is InChI=1S/C27H31N11O2/c1-17-29-24(33-40-17)18-7-10-20(11-8-18)28-16-23-30-21-15-19(9-12-22(21)36(23)3)27(2,25(39)38-13-5-6-14-38)37(4)26-31-34-35-32-26/h7-12,15,28H,5-6,13-14,16H2,1-4H3,(H,31,32,34,35)/t27-/m1/s1. The summed E-state index contributed by atoms with van der Waals surface area (Å²) in [6, 6.07) is 13.9. The normalized spacial score (nSPS) is 14.9. The van der Waals surface area contributed by atoms with Crippen LogP contribution in [-0.2, 0) is 23.9 Å². The average Bonchev–Trinajstić information content (AvgIpc) is 3.79. The number of fused-ring (bicyclic) bond motifs is 1. The minimum absolute atomic E-state index is 0.0144. The lowest BCUT2D eigenvalue weighted by molar-refractivity contribution is -0.135. The predicted molar refractivity (Wildman–Crippen MR) is 148 cm³/mol. The smallest absolute Gasteiger partial charge is 0.252 e. The fourth-order valence-corrected chi connectivity index (χ4v) is 5.24. The fourth-order valence-electron chi connectivity index (χ4n) is 5.24. The lowest BCUT2D eigenvalue weighted by atomic mass is 9.88. The van der Waals surface area contributed by atoms with Gasteiger partial charge in [0, 0.05) is 45.4 Å². The monoisotopic (exact) mass is 541 g/mol. The summed E-state index contributed by atoms with van der Waals surface area (Å²) in [4.78, 5) is 26.9. The molecule has 1 atom stereocenters. The molecule has 1 aliphatic heterocycles. The number of carbonyl (C=O) groups is 1. The Kier molecular flexibility index (Phi) is 6.40. The topological polar surface area (TPSA) is 147 Å². The van der Waals surface area contributed by atoms with Gasteiger partial charge < -0.3 is 24.2 Å². The van der Waals surface area contributed by atoms with Crippen LogP contribution >= 0.6 is 0 Å². The molecule has 0 spiro atoms. The van der Waals surface area contributed by atoms with Crippen LogP contribution in [0.25, 0.3) is 22.4 Å². The predicted octanol–water partition coefficient (Wildman–Crippen LogP) is 3.03. The molecule has 2 aromatic carbocycles. The fraction of sp³-hybridized carbons (Fsp3) is 0.370.